The van der Waals surface area contributed by atoms with Crippen molar-refractivity contribution < 1.29 is 19.1 Å². The van der Waals surface area contributed by atoms with Crippen molar-refractivity contribution >= 4 is 11.8 Å². The molecule has 2 rings (SSSR count). The standard InChI is InChI=1S/C9H13NO4/c1-13-9(12)8-6-5-14-3-2-10(6)4-7(8)11/h6,8H,2-5H2,1H3. The fourth-order valence-corrected chi connectivity index (χ4v) is 2.09. The molecule has 14 heavy (non-hydrogen) atoms. The number of nitrogens with zero attached hydrogens (tertiary/aromatic N) is 1. The van der Waals surface area contributed by atoms with Crippen molar-refractivity contribution in [1.29, 1.82) is 0 Å². The van der Waals surface area contributed by atoms with E-state index in [2.05, 4.69) is 4.74 Å². The van der Waals surface area contributed by atoms with Crippen molar-refractivity contribution in [2.24, 2.45) is 5.92 Å². The van der Waals surface area contributed by atoms with E-state index in [0.717, 1.165) is 6.54 Å². The Labute approximate surface area is 82.0 Å². The first kappa shape index (κ1) is 9.61. The van der Waals surface area contributed by atoms with Gasteiger partial charge >= 0.3 is 5.97 Å². The van der Waals surface area contributed by atoms with E-state index in [1.807, 2.05) is 4.90 Å². The van der Waals surface area contributed by atoms with E-state index in [0.29, 0.717) is 19.8 Å². The van der Waals surface area contributed by atoms with Crippen LogP contribution < -0.4 is 0 Å². The molecule has 2 fully saturated rings. The van der Waals surface area contributed by atoms with Crippen LogP contribution in [0.5, 0.6) is 0 Å². The Morgan fingerprint density at radius 2 is 2.43 bits per heavy atom. The van der Waals surface area contributed by atoms with Crippen LogP contribution in [0.15, 0.2) is 0 Å². The molecule has 5 nitrogen and oxygen atoms in total. The van der Waals surface area contributed by atoms with Crippen LogP contribution in [0.2, 0.25) is 0 Å². The van der Waals surface area contributed by atoms with Gasteiger partial charge in [0, 0.05) is 6.54 Å². The summed E-state index contributed by atoms with van der Waals surface area (Å²) in [5.74, 6) is -1.12. The molecule has 2 atom stereocenters. The van der Waals surface area contributed by atoms with Crippen molar-refractivity contribution in [3.05, 3.63) is 0 Å². The number of carbonyl (C=O) groups is 2. The third kappa shape index (κ3) is 1.42. The van der Waals surface area contributed by atoms with E-state index in [4.69, 9.17) is 4.74 Å². The molecule has 2 heterocycles. The van der Waals surface area contributed by atoms with Gasteiger partial charge in [-0.25, -0.2) is 0 Å². The molecule has 78 valence electrons. The van der Waals surface area contributed by atoms with Crippen LogP contribution in [-0.2, 0) is 19.1 Å². The number of Topliss-reactive ketones (excluding diaryl/α,β-unsaturated/α-hetero) is 1. The molecule has 0 radical (unpaired) electrons. The lowest BCUT2D eigenvalue weighted by molar-refractivity contribution is -0.150. The Bertz CT molecular complexity index is 266. The third-order valence-corrected chi connectivity index (χ3v) is 2.83. The van der Waals surface area contributed by atoms with Gasteiger partial charge in [-0.15, -0.1) is 0 Å². The summed E-state index contributed by atoms with van der Waals surface area (Å²) in [6, 6.07) is -0.108. The Balaban J connectivity index is 2.15. The van der Waals surface area contributed by atoms with E-state index in [1.54, 1.807) is 0 Å². The minimum atomic E-state index is -0.639. The smallest absolute Gasteiger partial charge is 0.317 e. The average molecular weight is 199 g/mol. The van der Waals surface area contributed by atoms with Crippen molar-refractivity contribution in [2.45, 2.75) is 6.04 Å². The number of morpholine rings is 1. The van der Waals surface area contributed by atoms with Crippen LogP contribution in [0.25, 0.3) is 0 Å². The minimum Gasteiger partial charge on any atom is -0.468 e. The Morgan fingerprint density at radius 3 is 3.14 bits per heavy atom. The maximum absolute atomic E-state index is 11.5. The SMILES string of the molecule is COC(=O)C1C(=O)CN2CCOCC12. The molecule has 2 unspecified atom stereocenters. The first-order valence-corrected chi connectivity index (χ1v) is 4.66. The van der Waals surface area contributed by atoms with Crippen LogP contribution in [0.1, 0.15) is 0 Å². The maximum Gasteiger partial charge on any atom is 0.317 e. The Kier molecular flexibility index (Phi) is 2.52. The summed E-state index contributed by atoms with van der Waals surface area (Å²) in [4.78, 5) is 24.9. The lowest BCUT2D eigenvalue weighted by atomic mass is 10.00. The van der Waals surface area contributed by atoms with E-state index < -0.39 is 11.9 Å². The van der Waals surface area contributed by atoms with E-state index in [-0.39, 0.29) is 11.8 Å². The van der Waals surface area contributed by atoms with Gasteiger partial charge in [-0.1, -0.05) is 0 Å². The van der Waals surface area contributed by atoms with Gasteiger partial charge < -0.3 is 9.47 Å². The first-order valence-electron chi connectivity index (χ1n) is 4.66. The molecule has 0 aromatic rings. The summed E-state index contributed by atoms with van der Waals surface area (Å²) in [5, 5.41) is 0. The van der Waals surface area contributed by atoms with Crippen LogP contribution in [-0.4, -0.2) is 56.1 Å². The van der Waals surface area contributed by atoms with Crippen LogP contribution >= 0.6 is 0 Å². The second kappa shape index (κ2) is 3.67. The van der Waals surface area contributed by atoms with Crippen molar-refractivity contribution in [1.82, 2.24) is 4.90 Å². The van der Waals surface area contributed by atoms with Crippen molar-refractivity contribution in [3.63, 3.8) is 0 Å². The van der Waals surface area contributed by atoms with Gasteiger partial charge in [0.15, 0.2) is 5.78 Å². The Morgan fingerprint density at radius 1 is 1.64 bits per heavy atom. The van der Waals surface area contributed by atoms with Gasteiger partial charge in [0.25, 0.3) is 0 Å². The molecule has 0 bridgehead atoms. The molecule has 0 aromatic heterocycles. The van der Waals surface area contributed by atoms with Crippen LogP contribution in [0.3, 0.4) is 0 Å². The second-order valence-corrected chi connectivity index (χ2v) is 3.58. The number of rotatable bonds is 1. The fourth-order valence-electron chi connectivity index (χ4n) is 2.09. The summed E-state index contributed by atoms with van der Waals surface area (Å²) in [5.41, 5.74) is 0. The molecule has 0 amide bonds. The van der Waals surface area contributed by atoms with Crippen molar-refractivity contribution in [3.8, 4) is 0 Å². The zero-order valence-electron chi connectivity index (χ0n) is 8.06. The van der Waals surface area contributed by atoms with Gasteiger partial charge in [-0.05, 0) is 0 Å². The molecule has 0 aromatic carbocycles. The van der Waals surface area contributed by atoms with E-state index in [9.17, 15) is 9.59 Å². The summed E-state index contributed by atoms with van der Waals surface area (Å²) < 4.78 is 9.87. The Hall–Kier alpha value is -0.940. The average Bonchev–Trinajstić information content (AvgIpc) is 2.53. The van der Waals surface area contributed by atoms with Crippen molar-refractivity contribution in [2.75, 3.05) is 33.4 Å². The zero-order chi connectivity index (χ0) is 10.1. The van der Waals surface area contributed by atoms with Gasteiger partial charge in [-0.3, -0.25) is 14.5 Å². The number of hydrogen-bond donors (Lipinski definition) is 0. The summed E-state index contributed by atoms with van der Waals surface area (Å²) in [6.45, 7) is 2.17. The summed E-state index contributed by atoms with van der Waals surface area (Å²) in [6.07, 6.45) is 0. The highest BCUT2D eigenvalue weighted by Crippen LogP contribution is 2.24. The number of methoxy groups -OCH3 is 1. The highest BCUT2D eigenvalue weighted by atomic mass is 16.5. The molecular formula is C9H13NO4. The molecule has 0 N–H and O–H groups in total. The number of esters is 1. The zero-order valence-corrected chi connectivity index (χ0v) is 8.06. The lowest BCUT2D eigenvalue weighted by Gasteiger charge is -2.30. The number of carbonyl (C=O) groups excluding carboxylic acids is 2. The monoisotopic (exact) mass is 199 g/mol. The second-order valence-electron chi connectivity index (χ2n) is 3.58. The van der Waals surface area contributed by atoms with Gasteiger partial charge in [0.05, 0.1) is 32.9 Å². The van der Waals surface area contributed by atoms with Crippen LogP contribution in [0.4, 0.5) is 0 Å². The number of fused-ring (bicyclic) bond motifs is 1. The molecular weight excluding hydrogens is 186 g/mol. The summed E-state index contributed by atoms with van der Waals surface area (Å²) >= 11 is 0. The minimum absolute atomic E-state index is 0.0487. The largest absolute Gasteiger partial charge is 0.468 e. The third-order valence-electron chi connectivity index (χ3n) is 2.83. The molecule has 2 saturated heterocycles. The van der Waals surface area contributed by atoms with Gasteiger partial charge in [0.2, 0.25) is 0 Å². The molecule has 2 aliphatic rings. The number of hydrogen-bond acceptors (Lipinski definition) is 5. The predicted molar refractivity (Wildman–Crippen MR) is 46.7 cm³/mol. The number of ether oxygens (including phenoxy) is 2. The molecule has 5 heteroatoms. The van der Waals surface area contributed by atoms with E-state index >= 15 is 0 Å². The van der Waals surface area contributed by atoms with E-state index in [1.165, 1.54) is 7.11 Å². The highest BCUT2D eigenvalue weighted by molar-refractivity contribution is 6.02. The molecule has 0 aliphatic carbocycles. The molecule has 0 spiro atoms. The topological polar surface area (TPSA) is 55.8 Å². The predicted octanol–water partition coefficient (Wildman–Crippen LogP) is -0.941. The first-order chi connectivity index (χ1) is 6.74. The lowest BCUT2D eigenvalue weighted by Crippen LogP contribution is -2.45. The number of ketones is 1. The van der Waals surface area contributed by atoms with Gasteiger partial charge in [0.1, 0.15) is 5.92 Å². The molecule has 2 aliphatic heterocycles. The fraction of sp³-hybridized carbons (Fsp3) is 0.778. The normalized spacial score (nSPS) is 32.8. The highest BCUT2D eigenvalue weighted by Gasteiger charge is 2.46. The summed E-state index contributed by atoms with van der Waals surface area (Å²) in [7, 11) is 1.31. The van der Waals surface area contributed by atoms with Gasteiger partial charge in [-0.2, -0.15) is 0 Å². The molecule has 0 saturated carbocycles. The maximum atomic E-state index is 11.5. The van der Waals surface area contributed by atoms with Crippen LogP contribution in [0, 0.1) is 5.92 Å². The quantitative estimate of drug-likeness (QED) is 0.403.